The maximum Gasteiger partial charge on any atom is 0.176 e. The Labute approximate surface area is 146 Å². The summed E-state index contributed by atoms with van der Waals surface area (Å²) < 4.78 is 12.9. The summed E-state index contributed by atoms with van der Waals surface area (Å²) in [4.78, 5) is 16.8. The highest BCUT2D eigenvalue weighted by Gasteiger charge is 2.19. The van der Waals surface area contributed by atoms with Gasteiger partial charge >= 0.3 is 0 Å². The van der Waals surface area contributed by atoms with Crippen LogP contribution in [0.3, 0.4) is 0 Å². The van der Waals surface area contributed by atoms with Gasteiger partial charge in [0.05, 0.1) is 6.54 Å². The van der Waals surface area contributed by atoms with Crippen molar-refractivity contribution in [3.8, 4) is 0 Å². The first kappa shape index (κ1) is 17.1. The second-order valence-corrected chi connectivity index (χ2v) is 6.55. The average molecular weight is 347 g/mol. The van der Waals surface area contributed by atoms with E-state index in [4.69, 9.17) is 11.6 Å². The van der Waals surface area contributed by atoms with Crippen LogP contribution >= 0.6 is 11.6 Å². The van der Waals surface area contributed by atoms with E-state index in [0.717, 1.165) is 37.7 Å². The van der Waals surface area contributed by atoms with Crippen LogP contribution in [0.5, 0.6) is 0 Å². The largest absolute Gasteiger partial charge is 0.297 e. The molecule has 0 saturated carbocycles. The molecule has 24 heavy (non-hydrogen) atoms. The smallest absolute Gasteiger partial charge is 0.176 e. The van der Waals surface area contributed by atoms with Gasteiger partial charge in [-0.2, -0.15) is 0 Å². The molecule has 2 aromatic rings. The van der Waals surface area contributed by atoms with Crippen LogP contribution in [0.1, 0.15) is 15.9 Å². The van der Waals surface area contributed by atoms with Crippen LogP contribution in [-0.2, 0) is 6.54 Å². The van der Waals surface area contributed by atoms with E-state index in [9.17, 15) is 9.18 Å². The Bertz CT molecular complexity index is 680. The normalized spacial score (nSPS) is 16.2. The van der Waals surface area contributed by atoms with E-state index in [1.807, 2.05) is 24.3 Å². The van der Waals surface area contributed by atoms with E-state index >= 15 is 0 Å². The fraction of sp³-hybridized carbons (Fsp3) is 0.316. The highest BCUT2D eigenvalue weighted by molar-refractivity contribution is 6.30. The molecule has 0 N–H and O–H groups in total. The van der Waals surface area contributed by atoms with Gasteiger partial charge in [-0.15, -0.1) is 0 Å². The van der Waals surface area contributed by atoms with E-state index in [1.54, 1.807) is 12.1 Å². The molecule has 0 aliphatic carbocycles. The summed E-state index contributed by atoms with van der Waals surface area (Å²) in [6.45, 7) is 4.87. The molecule has 0 aromatic heterocycles. The summed E-state index contributed by atoms with van der Waals surface area (Å²) in [6, 6.07) is 13.7. The van der Waals surface area contributed by atoms with Crippen molar-refractivity contribution in [3.05, 3.63) is 70.5 Å². The highest BCUT2D eigenvalue weighted by atomic mass is 35.5. The van der Waals surface area contributed by atoms with E-state index in [-0.39, 0.29) is 11.6 Å². The fourth-order valence-corrected chi connectivity index (χ4v) is 3.01. The van der Waals surface area contributed by atoms with Crippen molar-refractivity contribution < 1.29 is 9.18 Å². The molecule has 1 saturated heterocycles. The second-order valence-electron chi connectivity index (χ2n) is 6.11. The van der Waals surface area contributed by atoms with Crippen molar-refractivity contribution in [2.75, 3.05) is 32.7 Å². The Balaban J connectivity index is 1.47. The maximum absolute atomic E-state index is 12.9. The van der Waals surface area contributed by atoms with Gasteiger partial charge in [0.15, 0.2) is 5.78 Å². The molecule has 0 atom stereocenters. The van der Waals surface area contributed by atoms with Gasteiger partial charge < -0.3 is 0 Å². The van der Waals surface area contributed by atoms with Gasteiger partial charge in [0.25, 0.3) is 0 Å². The third-order valence-electron chi connectivity index (χ3n) is 4.32. The van der Waals surface area contributed by atoms with E-state index in [2.05, 4.69) is 9.80 Å². The molecule has 0 unspecified atom stereocenters. The molecule has 3 nitrogen and oxygen atoms in total. The number of carbonyl (C=O) groups excluding carboxylic acids is 1. The topological polar surface area (TPSA) is 23.6 Å². The summed E-state index contributed by atoms with van der Waals surface area (Å²) in [5.41, 5.74) is 1.82. The number of ketones is 1. The van der Waals surface area contributed by atoms with Gasteiger partial charge in [0, 0.05) is 43.3 Å². The zero-order valence-electron chi connectivity index (χ0n) is 13.4. The molecule has 0 amide bonds. The second kappa shape index (κ2) is 7.88. The van der Waals surface area contributed by atoms with Crippen molar-refractivity contribution in [1.29, 1.82) is 0 Å². The van der Waals surface area contributed by atoms with Crippen molar-refractivity contribution in [1.82, 2.24) is 9.80 Å². The number of rotatable bonds is 5. The predicted molar refractivity (Wildman–Crippen MR) is 93.9 cm³/mol. The fourth-order valence-electron chi connectivity index (χ4n) is 2.88. The van der Waals surface area contributed by atoms with Gasteiger partial charge in [-0.25, -0.2) is 4.39 Å². The lowest BCUT2D eigenvalue weighted by Crippen LogP contribution is -2.47. The van der Waals surface area contributed by atoms with Crippen LogP contribution in [0.15, 0.2) is 48.5 Å². The zero-order valence-corrected chi connectivity index (χ0v) is 14.2. The van der Waals surface area contributed by atoms with Crippen LogP contribution in [0.25, 0.3) is 0 Å². The number of Topliss-reactive ketones (excluding diaryl/α,β-unsaturated/α-hetero) is 1. The molecule has 1 heterocycles. The molecule has 0 radical (unpaired) electrons. The van der Waals surface area contributed by atoms with Crippen LogP contribution < -0.4 is 0 Å². The predicted octanol–water partition coefficient (Wildman–Crippen LogP) is 3.48. The minimum absolute atomic E-state index is 0.0427. The number of carbonyl (C=O) groups is 1. The van der Waals surface area contributed by atoms with Gasteiger partial charge in [-0.1, -0.05) is 23.7 Å². The van der Waals surface area contributed by atoms with Crippen molar-refractivity contribution in [2.24, 2.45) is 0 Å². The lowest BCUT2D eigenvalue weighted by Gasteiger charge is -2.34. The number of benzene rings is 2. The maximum atomic E-state index is 12.9. The minimum Gasteiger partial charge on any atom is -0.297 e. The van der Waals surface area contributed by atoms with E-state index in [0.29, 0.717) is 12.1 Å². The van der Waals surface area contributed by atoms with Crippen LogP contribution in [0.2, 0.25) is 5.02 Å². The Hall–Kier alpha value is -1.75. The van der Waals surface area contributed by atoms with E-state index in [1.165, 1.54) is 17.7 Å². The molecule has 2 aromatic carbocycles. The Morgan fingerprint density at radius 2 is 1.50 bits per heavy atom. The number of piperazine rings is 1. The van der Waals surface area contributed by atoms with Gasteiger partial charge in [0.1, 0.15) is 5.82 Å². The molecule has 0 bridgehead atoms. The molecule has 1 fully saturated rings. The summed E-state index contributed by atoms with van der Waals surface area (Å²) in [6.07, 6.45) is 0. The number of halogens is 2. The lowest BCUT2D eigenvalue weighted by atomic mass is 10.1. The third-order valence-corrected chi connectivity index (χ3v) is 4.57. The van der Waals surface area contributed by atoms with Crippen LogP contribution in [0.4, 0.5) is 4.39 Å². The van der Waals surface area contributed by atoms with Crippen molar-refractivity contribution >= 4 is 17.4 Å². The van der Waals surface area contributed by atoms with Crippen LogP contribution in [-0.4, -0.2) is 48.3 Å². The molecular formula is C19H20ClFN2O. The van der Waals surface area contributed by atoms with Gasteiger partial charge in [-0.05, 0) is 42.0 Å². The Morgan fingerprint density at radius 3 is 2.12 bits per heavy atom. The number of nitrogens with zero attached hydrogens (tertiary/aromatic N) is 2. The first-order valence-electron chi connectivity index (χ1n) is 8.08. The SMILES string of the molecule is O=C(CN1CCN(Cc2ccc(Cl)cc2)CC1)c1ccc(F)cc1. The average Bonchev–Trinajstić information content (AvgIpc) is 2.59. The highest BCUT2D eigenvalue weighted by Crippen LogP contribution is 2.13. The summed E-state index contributed by atoms with van der Waals surface area (Å²) >= 11 is 5.91. The van der Waals surface area contributed by atoms with Crippen LogP contribution in [0, 0.1) is 5.82 Å². The number of hydrogen-bond donors (Lipinski definition) is 0. The van der Waals surface area contributed by atoms with Gasteiger partial charge in [0.2, 0.25) is 0 Å². The monoisotopic (exact) mass is 346 g/mol. The molecular weight excluding hydrogens is 327 g/mol. The number of hydrogen-bond acceptors (Lipinski definition) is 3. The third kappa shape index (κ3) is 4.63. The van der Waals surface area contributed by atoms with Crippen molar-refractivity contribution in [3.63, 3.8) is 0 Å². The summed E-state index contributed by atoms with van der Waals surface area (Å²) in [5, 5.41) is 0.753. The summed E-state index contributed by atoms with van der Waals surface area (Å²) in [5.74, 6) is -0.275. The molecule has 126 valence electrons. The first-order valence-corrected chi connectivity index (χ1v) is 8.46. The first-order chi connectivity index (χ1) is 11.6. The zero-order chi connectivity index (χ0) is 16.9. The Kier molecular flexibility index (Phi) is 5.61. The molecule has 5 heteroatoms. The van der Waals surface area contributed by atoms with Crippen molar-refractivity contribution in [2.45, 2.75) is 6.54 Å². The Morgan fingerprint density at radius 1 is 0.917 bits per heavy atom. The molecule has 0 spiro atoms. The minimum atomic E-state index is -0.317. The summed E-state index contributed by atoms with van der Waals surface area (Å²) in [7, 11) is 0. The quantitative estimate of drug-likeness (QED) is 0.774. The molecule has 1 aliphatic rings. The molecule has 3 rings (SSSR count). The standard InChI is InChI=1S/C19H20ClFN2O/c20-17-5-1-15(2-6-17)13-22-9-11-23(12-10-22)14-19(24)16-3-7-18(21)8-4-16/h1-8H,9-14H2. The van der Waals surface area contributed by atoms with E-state index < -0.39 is 0 Å². The molecule has 1 aliphatic heterocycles. The van der Waals surface area contributed by atoms with Gasteiger partial charge in [-0.3, -0.25) is 14.6 Å². The lowest BCUT2D eigenvalue weighted by molar-refractivity contribution is 0.0844.